The van der Waals surface area contributed by atoms with Crippen molar-refractivity contribution in [3.05, 3.63) is 46.3 Å². The third-order valence-electron chi connectivity index (χ3n) is 3.22. The second kappa shape index (κ2) is 5.16. The van der Waals surface area contributed by atoms with E-state index in [4.69, 9.17) is 4.52 Å². The van der Waals surface area contributed by atoms with Gasteiger partial charge in [-0.1, -0.05) is 32.0 Å². The van der Waals surface area contributed by atoms with Gasteiger partial charge in [0, 0.05) is 11.6 Å². The Bertz CT molecular complexity index is 645. The van der Waals surface area contributed by atoms with E-state index in [9.17, 15) is 5.11 Å². The minimum atomic E-state index is -0.0957. The molecule has 0 saturated heterocycles. The minimum Gasteiger partial charge on any atom is -0.507 e. The van der Waals surface area contributed by atoms with E-state index in [1.54, 1.807) is 0 Å². The highest BCUT2D eigenvalue weighted by Gasteiger charge is 2.19. The van der Waals surface area contributed by atoms with Crippen LogP contribution in [0, 0.1) is 13.8 Å². The maximum Gasteiger partial charge on any atom is 0.159 e. The number of phenolic OH excluding ortho intramolecular Hbond substituents is 1. The third-order valence-corrected chi connectivity index (χ3v) is 3.22. The van der Waals surface area contributed by atoms with Gasteiger partial charge >= 0.3 is 0 Å². The van der Waals surface area contributed by atoms with Crippen molar-refractivity contribution in [2.75, 3.05) is 0 Å². The molecular formula is C17H21NO2. The Morgan fingerprint density at radius 1 is 1.10 bits per heavy atom. The lowest BCUT2D eigenvalue weighted by molar-refractivity contribution is 0.408. The Morgan fingerprint density at radius 2 is 1.80 bits per heavy atom. The SMILES string of the molecule is Cc1cc(/C=C/c2cc(C)c(O)c(C(C)(C)C)c2)on1. The molecule has 0 atom stereocenters. The fraction of sp³-hybridized carbons (Fsp3) is 0.353. The van der Waals surface area contributed by atoms with Crippen LogP contribution in [0.1, 0.15) is 48.9 Å². The fourth-order valence-corrected chi connectivity index (χ4v) is 2.12. The number of aromatic hydroxyl groups is 1. The van der Waals surface area contributed by atoms with Gasteiger partial charge in [-0.05, 0) is 48.6 Å². The van der Waals surface area contributed by atoms with Gasteiger partial charge in [0.1, 0.15) is 5.75 Å². The summed E-state index contributed by atoms with van der Waals surface area (Å²) in [6.07, 6.45) is 3.86. The normalized spacial score (nSPS) is 12.2. The number of hydrogen-bond donors (Lipinski definition) is 1. The highest BCUT2D eigenvalue weighted by molar-refractivity contribution is 5.69. The van der Waals surface area contributed by atoms with Crippen LogP contribution in [0.5, 0.6) is 5.75 Å². The van der Waals surface area contributed by atoms with Gasteiger partial charge in [0.15, 0.2) is 5.76 Å². The molecule has 106 valence electrons. The van der Waals surface area contributed by atoms with Crippen LogP contribution in [0.4, 0.5) is 0 Å². The Morgan fingerprint density at radius 3 is 2.35 bits per heavy atom. The highest BCUT2D eigenvalue weighted by Crippen LogP contribution is 2.34. The molecule has 0 aliphatic carbocycles. The van der Waals surface area contributed by atoms with E-state index in [0.29, 0.717) is 5.75 Å². The fourth-order valence-electron chi connectivity index (χ4n) is 2.12. The van der Waals surface area contributed by atoms with Crippen LogP contribution in [0.25, 0.3) is 12.2 Å². The number of aryl methyl sites for hydroxylation is 2. The van der Waals surface area contributed by atoms with Crippen LogP contribution in [-0.2, 0) is 5.41 Å². The van der Waals surface area contributed by atoms with Crippen LogP contribution in [0.15, 0.2) is 22.7 Å². The predicted octanol–water partition coefficient (Wildman–Crippen LogP) is 4.46. The molecule has 1 heterocycles. The van der Waals surface area contributed by atoms with Crippen LogP contribution >= 0.6 is 0 Å². The molecule has 3 nitrogen and oxygen atoms in total. The summed E-state index contributed by atoms with van der Waals surface area (Å²) in [5.74, 6) is 1.11. The molecule has 20 heavy (non-hydrogen) atoms. The van der Waals surface area contributed by atoms with Gasteiger partial charge in [-0.2, -0.15) is 0 Å². The zero-order valence-electron chi connectivity index (χ0n) is 12.7. The molecule has 1 aromatic heterocycles. The molecule has 0 radical (unpaired) electrons. The second-order valence-electron chi connectivity index (χ2n) is 6.19. The third kappa shape index (κ3) is 3.10. The monoisotopic (exact) mass is 271 g/mol. The molecule has 0 fully saturated rings. The number of benzene rings is 1. The highest BCUT2D eigenvalue weighted by atomic mass is 16.5. The van der Waals surface area contributed by atoms with Gasteiger partial charge in [0.05, 0.1) is 5.69 Å². The van der Waals surface area contributed by atoms with Gasteiger partial charge in [-0.25, -0.2) is 0 Å². The minimum absolute atomic E-state index is 0.0957. The lowest BCUT2D eigenvalue weighted by Crippen LogP contribution is -2.12. The Labute approximate surface area is 119 Å². The van der Waals surface area contributed by atoms with Crippen LogP contribution < -0.4 is 0 Å². The largest absolute Gasteiger partial charge is 0.507 e. The number of rotatable bonds is 2. The van der Waals surface area contributed by atoms with Crippen molar-refractivity contribution in [1.82, 2.24) is 5.16 Å². The van der Waals surface area contributed by atoms with Crippen LogP contribution in [0.2, 0.25) is 0 Å². The van der Waals surface area contributed by atoms with Crippen molar-refractivity contribution in [3.8, 4) is 5.75 Å². The van der Waals surface area contributed by atoms with E-state index in [0.717, 1.165) is 28.1 Å². The molecule has 1 N–H and O–H groups in total. The average molecular weight is 271 g/mol. The predicted molar refractivity (Wildman–Crippen MR) is 81.7 cm³/mol. The van der Waals surface area contributed by atoms with Gasteiger partial charge in [0.25, 0.3) is 0 Å². The summed E-state index contributed by atoms with van der Waals surface area (Å²) in [5.41, 5.74) is 3.64. The summed E-state index contributed by atoms with van der Waals surface area (Å²) < 4.78 is 5.15. The molecule has 2 rings (SSSR count). The molecule has 1 aromatic carbocycles. The zero-order chi connectivity index (χ0) is 14.9. The molecule has 0 saturated carbocycles. The lowest BCUT2D eigenvalue weighted by Gasteiger charge is -2.22. The molecule has 0 bridgehead atoms. The maximum absolute atomic E-state index is 10.2. The van der Waals surface area contributed by atoms with Gasteiger partial charge < -0.3 is 9.63 Å². The van der Waals surface area contributed by atoms with E-state index in [2.05, 4.69) is 25.9 Å². The zero-order valence-corrected chi connectivity index (χ0v) is 12.7. The molecule has 0 spiro atoms. The van der Waals surface area contributed by atoms with Crippen molar-refractivity contribution < 1.29 is 9.63 Å². The summed E-state index contributed by atoms with van der Waals surface area (Å²) in [5, 5.41) is 14.0. The lowest BCUT2D eigenvalue weighted by atomic mass is 9.84. The first-order valence-corrected chi connectivity index (χ1v) is 6.73. The van der Waals surface area contributed by atoms with Crippen molar-refractivity contribution in [2.24, 2.45) is 0 Å². The first kappa shape index (κ1) is 14.4. The molecular weight excluding hydrogens is 250 g/mol. The van der Waals surface area contributed by atoms with E-state index in [1.165, 1.54) is 0 Å². The van der Waals surface area contributed by atoms with E-state index < -0.39 is 0 Å². The standard InChI is InChI=1S/C17H21NO2/c1-11-8-13(6-7-14-9-12(2)18-20-14)10-15(16(11)19)17(3,4)5/h6-10,19H,1-5H3/b7-6+. The van der Waals surface area contributed by atoms with Gasteiger partial charge in [-0.3, -0.25) is 0 Å². The molecule has 0 aliphatic heterocycles. The molecule has 0 amide bonds. The first-order valence-electron chi connectivity index (χ1n) is 6.73. The Kier molecular flexibility index (Phi) is 3.71. The smallest absolute Gasteiger partial charge is 0.159 e. The first-order chi connectivity index (χ1) is 9.27. The Hall–Kier alpha value is -2.03. The molecule has 0 unspecified atom stereocenters. The van der Waals surface area contributed by atoms with Gasteiger partial charge in [-0.15, -0.1) is 0 Å². The van der Waals surface area contributed by atoms with Crippen LogP contribution in [-0.4, -0.2) is 10.3 Å². The second-order valence-corrected chi connectivity index (χ2v) is 6.19. The number of aromatic nitrogens is 1. The molecule has 0 aliphatic rings. The summed E-state index contributed by atoms with van der Waals surface area (Å²) >= 11 is 0. The van der Waals surface area contributed by atoms with E-state index in [-0.39, 0.29) is 5.41 Å². The van der Waals surface area contributed by atoms with E-state index in [1.807, 2.05) is 44.2 Å². The van der Waals surface area contributed by atoms with Crippen molar-refractivity contribution in [2.45, 2.75) is 40.0 Å². The topological polar surface area (TPSA) is 46.3 Å². The number of phenols is 1. The summed E-state index contributed by atoms with van der Waals surface area (Å²) in [6.45, 7) is 10.1. The van der Waals surface area contributed by atoms with E-state index >= 15 is 0 Å². The van der Waals surface area contributed by atoms with Crippen LogP contribution in [0.3, 0.4) is 0 Å². The number of nitrogens with zero attached hydrogens (tertiary/aromatic N) is 1. The number of hydrogen-bond acceptors (Lipinski definition) is 3. The molecule has 3 heteroatoms. The Balaban J connectivity index is 2.38. The average Bonchev–Trinajstić information content (AvgIpc) is 2.75. The quantitative estimate of drug-likeness (QED) is 0.876. The molecule has 2 aromatic rings. The summed E-state index contributed by atoms with van der Waals surface area (Å²) in [4.78, 5) is 0. The maximum atomic E-state index is 10.2. The van der Waals surface area contributed by atoms with Crippen molar-refractivity contribution >= 4 is 12.2 Å². The van der Waals surface area contributed by atoms with Gasteiger partial charge in [0.2, 0.25) is 0 Å². The summed E-state index contributed by atoms with van der Waals surface area (Å²) in [7, 11) is 0. The van der Waals surface area contributed by atoms with Crippen molar-refractivity contribution in [3.63, 3.8) is 0 Å². The summed E-state index contributed by atoms with van der Waals surface area (Å²) in [6, 6.07) is 5.86. The van der Waals surface area contributed by atoms with Crippen molar-refractivity contribution in [1.29, 1.82) is 0 Å².